The van der Waals surface area contributed by atoms with Crippen molar-refractivity contribution in [3.63, 3.8) is 0 Å². The molecule has 0 radical (unpaired) electrons. The topological polar surface area (TPSA) is 23.4 Å². The normalized spacial score (nSPS) is 22.1. The lowest BCUT2D eigenvalue weighted by atomic mass is 9.75. The molecule has 0 amide bonds. The fourth-order valence-corrected chi connectivity index (χ4v) is 4.71. The third-order valence-electron chi connectivity index (χ3n) is 6.97. The van der Waals surface area contributed by atoms with E-state index < -0.39 is 0 Å². The largest absolute Gasteiger partial charge is 0.495 e. The van der Waals surface area contributed by atoms with Gasteiger partial charge in [0.2, 0.25) is 0 Å². The molecule has 0 N–H and O–H groups in total. The van der Waals surface area contributed by atoms with Crippen molar-refractivity contribution in [2.75, 3.05) is 0 Å². The van der Waals surface area contributed by atoms with Crippen LogP contribution in [0, 0.1) is 0 Å². The first-order chi connectivity index (χ1) is 13.8. The number of nitrogens with zero attached hydrogens (tertiary/aromatic N) is 1. The van der Waals surface area contributed by atoms with E-state index in [-0.39, 0.29) is 18.3 Å². The van der Waals surface area contributed by atoms with Gasteiger partial charge in [-0.05, 0) is 84.3 Å². The van der Waals surface area contributed by atoms with Crippen LogP contribution in [0.5, 0.6) is 0 Å². The molecule has 0 saturated carbocycles. The van der Waals surface area contributed by atoms with Crippen LogP contribution in [0.25, 0.3) is 10.9 Å². The molecular formula is C25H34BNO2. The molecule has 3 nitrogen and oxygen atoms in total. The lowest BCUT2D eigenvalue weighted by Gasteiger charge is -2.32. The molecule has 1 aromatic heterocycles. The lowest BCUT2D eigenvalue weighted by Crippen LogP contribution is -2.41. The zero-order chi connectivity index (χ0) is 20.8. The molecule has 2 aliphatic rings. The van der Waals surface area contributed by atoms with Crippen LogP contribution in [-0.4, -0.2) is 22.9 Å². The second-order valence-electron chi connectivity index (χ2n) is 9.48. The van der Waals surface area contributed by atoms with E-state index in [1.54, 1.807) is 0 Å². The average Bonchev–Trinajstić information content (AvgIpc) is 3.12. The molecule has 4 rings (SSSR count). The number of fused-ring (bicyclic) bond motifs is 3. The van der Waals surface area contributed by atoms with Gasteiger partial charge in [-0.1, -0.05) is 36.4 Å². The van der Waals surface area contributed by atoms with E-state index in [2.05, 4.69) is 88.6 Å². The van der Waals surface area contributed by atoms with Crippen LogP contribution in [0.1, 0.15) is 71.7 Å². The number of aromatic nitrogens is 1. The second kappa shape index (κ2) is 7.48. The summed E-state index contributed by atoms with van der Waals surface area (Å²) in [6.45, 7) is 12.8. The van der Waals surface area contributed by atoms with E-state index in [0.717, 1.165) is 12.8 Å². The van der Waals surface area contributed by atoms with Crippen LogP contribution in [0.3, 0.4) is 0 Å². The summed E-state index contributed by atoms with van der Waals surface area (Å²) in [5.41, 5.74) is 4.83. The maximum Gasteiger partial charge on any atom is 0.495 e. The van der Waals surface area contributed by atoms with Gasteiger partial charge in [0.1, 0.15) is 0 Å². The van der Waals surface area contributed by atoms with Gasteiger partial charge in [-0.2, -0.15) is 0 Å². The van der Waals surface area contributed by atoms with E-state index in [1.165, 1.54) is 40.5 Å². The third-order valence-corrected chi connectivity index (χ3v) is 6.97. The van der Waals surface area contributed by atoms with Gasteiger partial charge in [0.15, 0.2) is 0 Å². The Morgan fingerprint density at radius 2 is 1.72 bits per heavy atom. The molecule has 29 heavy (non-hydrogen) atoms. The molecule has 0 unspecified atom stereocenters. The molecular weight excluding hydrogens is 357 g/mol. The first-order valence-electron chi connectivity index (χ1n) is 11.1. The summed E-state index contributed by atoms with van der Waals surface area (Å²) in [6.07, 6.45) is 13.4. The Kier molecular flexibility index (Phi) is 5.29. The first-order valence-corrected chi connectivity index (χ1v) is 11.1. The fourth-order valence-electron chi connectivity index (χ4n) is 4.71. The highest BCUT2D eigenvalue weighted by Gasteiger charge is 2.52. The predicted molar refractivity (Wildman–Crippen MR) is 123 cm³/mol. The van der Waals surface area contributed by atoms with E-state index >= 15 is 0 Å². The van der Waals surface area contributed by atoms with Gasteiger partial charge in [-0.3, -0.25) is 0 Å². The monoisotopic (exact) mass is 391 g/mol. The Balaban J connectivity index is 1.87. The van der Waals surface area contributed by atoms with Gasteiger partial charge >= 0.3 is 7.12 Å². The molecule has 154 valence electrons. The van der Waals surface area contributed by atoms with E-state index in [0.29, 0.717) is 6.04 Å². The number of aryl methyl sites for hydroxylation is 1. The average molecular weight is 391 g/mol. The number of hydrogen-bond acceptors (Lipinski definition) is 2. The number of hydrogen-bond donors (Lipinski definition) is 0. The van der Waals surface area contributed by atoms with Crippen molar-refractivity contribution in [1.82, 2.24) is 4.57 Å². The number of rotatable bonds is 4. The summed E-state index contributed by atoms with van der Waals surface area (Å²) in [6, 6.07) is 6.93. The van der Waals surface area contributed by atoms with Gasteiger partial charge in [0, 0.05) is 22.6 Å². The minimum atomic E-state index is -0.328. The zero-order valence-corrected chi connectivity index (χ0v) is 18.8. The standard InChI is InChI=1S/C25H34BNO2/c1-7-8-9-13-18(2)27-21-16-11-10-14-19(21)23-20(15-12-17-22(23)27)26-28-24(3,4)25(5,6)29-26/h7-9,12-13,15,17-18H,10-11,14,16H2,1-6H3/b8-7-,13-9-/t18-/m0/s1. The molecule has 0 spiro atoms. The Bertz CT molecular complexity index is 951. The highest BCUT2D eigenvalue weighted by molar-refractivity contribution is 6.65. The summed E-state index contributed by atoms with van der Waals surface area (Å²) in [4.78, 5) is 0. The summed E-state index contributed by atoms with van der Waals surface area (Å²) in [7, 11) is -0.320. The molecule has 1 fully saturated rings. The van der Waals surface area contributed by atoms with E-state index in [9.17, 15) is 0 Å². The van der Waals surface area contributed by atoms with Crippen LogP contribution in [0.2, 0.25) is 0 Å². The second-order valence-corrected chi connectivity index (χ2v) is 9.48. The van der Waals surface area contributed by atoms with Crippen LogP contribution in [-0.2, 0) is 22.2 Å². The lowest BCUT2D eigenvalue weighted by molar-refractivity contribution is 0.00578. The maximum atomic E-state index is 6.44. The van der Waals surface area contributed by atoms with Crippen molar-refractivity contribution in [1.29, 1.82) is 0 Å². The SMILES string of the molecule is C/C=C\C=C/[C@H](C)n1c2c(c3c(B4OC(C)(C)C(C)(C)O4)cccc31)CCCC2. The molecule has 0 bridgehead atoms. The van der Waals surface area contributed by atoms with Crippen molar-refractivity contribution in [2.45, 2.75) is 84.5 Å². The Labute approximate surface area is 175 Å². The molecule has 1 saturated heterocycles. The van der Waals surface area contributed by atoms with Gasteiger partial charge in [-0.25, -0.2) is 0 Å². The number of benzene rings is 1. The zero-order valence-electron chi connectivity index (χ0n) is 18.8. The predicted octanol–water partition coefficient (Wildman–Crippen LogP) is 5.51. The fraction of sp³-hybridized carbons (Fsp3) is 0.520. The van der Waals surface area contributed by atoms with Gasteiger partial charge in [0.05, 0.1) is 11.2 Å². The van der Waals surface area contributed by atoms with Gasteiger partial charge in [0.25, 0.3) is 0 Å². The summed E-state index contributed by atoms with van der Waals surface area (Å²) < 4.78 is 15.4. The first kappa shape index (κ1) is 20.5. The third kappa shape index (κ3) is 3.41. The van der Waals surface area contributed by atoms with Crippen molar-refractivity contribution >= 4 is 23.5 Å². The molecule has 1 aromatic carbocycles. The summed E-state index contributed by atoms with van der Waals surface area (Å²) >= 11 is 0. The molecule has 1 atom stereocenters. The Morgan fingerprint density at radius 1 is 1.03 bits per heavy atom. The minimum Gasteiger partial charge on any atom is -0.399 e. The van der Waals surface area contributed by atoms with Crippen molar-refractivity contribution in [3.05, 3.63) is 53.8 Å². The van der Waals surface area contributed by atoms with Crippen molar-refractivity contribution in [2.24, 2.45) is 0 Å². The maximum absolute atomic E-state index is 6.44. The minimum absolute atomic E-state index is 0.309. The molecule has 1 aliphatic carbocycles. The van der Waals surface area contributed by atoms with E-state index in [4.69, 9.17) is 9.31 Å². The molecule has 4 heteroatoms. The van der Waals surface area contributed by atoms with Crippen molar-refractivity contribution in [3.8, 4) is 0 Å². The quantitative estimate of drug-likeness (QED) is 0.507. The van der Waals surface area contributed by atoms with Crippen molar-refractivity contribution < 1.29 is 9.31 Å². The number of allylic oxidation sites excluding steroid dienone is 4. The smallest absolute Gasteiger partial charge is 0.399 e. The van der Waals surface area contributed by atoms with Gasteiger partial charge < -0.3 is 13.9 Å². The molecule has 1 aliphatic heterocycles. The van der Waals surface area contributed by atoms with Crippen LogP contribution < -0.4 is 5.46 Å². The summed E-state index contributed by atoms with van der Waals surface area (Å²) in [5.74, 6) is 0. The molecule has 2 aromatic rings. The van der Waals surface area contributed by atoms with Crippen LogP contribution >= 0.6 is 0 Å². The summed E-state index contributed by atoms with van der Waals surface area (Å²) in [5, 5.41) is 1.35. The highest BCUT2D eigenvalue weighted by Crippen LogP contribution is 2.39. The Morgan fingerprint density at radius 3 is 2.41 bits per heavy atom. The van der Waals surface area contributed by atoms with Crippen LogP contribution in [0.15, 0.2) is 42.5 Å². The van der Waals surface area contributed by atoms with E-state index in [1.807, 2.05) is 0 Å². The van der Waals surface area contributed by atoms with Crippen LogP contribution in [0.4, 0.5) is 0 Å². The molecule has 2 heterocycles. The van der Waals surface area contributed by atoms with Gasteiger partial charge in [-0.15, -0.1) is 0 Å². The Hall–Kier alpha value is -1.78. The highest BCUT2D eigenvalue weighted by atomic mass is 16.7.